The Kier molecular flexibility index (Phi) is 5.57. The highest BCUT2D eigenvalue weighted by Gasteiger charge is 2.07. The summed E-state index contributed by atoms with van der Waals surface area (Å²) in [7, 11) is 0. The number of hydrogen-bond donors (Lipinski definition) is 1. The fourth-order valence-corrected chi connectivity index (χ4v) is 1.88. The van der Waals surface area contributed by atoms with Crippen molar-refractivity contribution in [2.45, 2.75) is 6.92 Å². The molecule has 0 heterocycles. The first-order chi connectivity index (χ1) is 11.1. The van der Waals surface area contributed by atoms with Crippen molar-refractivity contribution < 1.29 is 24.2 Å². The molecule has 23 heavy (non-hydrogen) atoms. The van der Waals surface area contributed by atoms with Crippen LogP contribution in [-0.2, 0) is 4.79 Å². The molecule has 1 N–H and O–H groups in total. The van der Waals surface area contributed by atoms with Crippen LogP contribution in [0.4, 0.5) is 5.69 Å². The Hall–Kier alpha value is -3.02. The maximum Gasteiger partial charge on any atom is 0.255 e. The van der Waals surface area contributed by atoms with Crippen molar-refractivity contribution in [1.82, 2.24) is 0 Å². The van der Waals surface area contributed by atoms with Gasteiger partial charge in [-0.1, -0.05) is 6.07 Å². The highest BCUT2D eigenvalue weighted by atomic mass is 16.5. The number of benzene rings is 2. The van der Waals surface area contributed by atoms with E-state index in [0.717, 1.165) is 0 Å². The van der Waals surface area contributed by atoms with Crippen LogP contribution in [0.25, 0.3) is 0 Å². The molecule has 6 nitrogen and oxygen atoms in total. The molecule has 1 amide bonds. The molecule has 0 unspecified atom stereocenters. The molecule has 0 saturated heterocycles. The van der Waals surface area contributed by atoms with E-state index in [2.05, 4.69) is 5.32 Å². The first-order valence-corrected chi connectivity index (χ1v) is 7.05. The van der Waals surface area contributed by atoms with E-state index in [1.165, 1.54) is 6.07 Å². The van der Waals surface area contributed by atoms with Crippen LogP contribution in [0.5, 0.6) is 11.5 Å². The first-order valence-electron chi connectivity index (χ1n) is 7.05. The average Bonchev–Trinajstić information content (AvgIpc) is 2.54. The van der Waals surface area contributed by atoms with Crippen LogP contribution in [0.3, 0.4) is 0 Å². The topological polar surface area (TPSA) is 87.7 Å². The minimum atomic E-state index is -1.31. The van der Waals surface area contributed by atoms with Gasteiger partial charge in [-0.25, -0.2) is 0 Å². The monoisotopic (exact) mass is 314 g/mol. The second-order valence-corrected chi connectivity index (χ2v) is 4.60. The summed E-state index contributed by atoms with van der Waals surface area (Å²) in [6.07, 6.45) is 0. The van der Waals surface area contributed by atoms with Gasteiger partial charge >= 0.3 is 0 Å². The third kappa shape index (κ3) is 5.03. The van der Waals surface area contributed by atoms with Gasteiger partial charge in [-0.05, 0) is 43.3 Å². The Balaban J connectivity index is 2.01. The van der Waals surface area contributed by atoms with E-state index in [1.54, 1.807) is 42.5 Å². The van der Waals surface area contributed by atoms with Gasteiger partial charge in [0, 0.05) is 17.3 Å². The van der Waals surface area contributed by atoms with E-state index >= 15 is 0 Å². The van der Waals surface area contributed by atoms with Gasteiger partial charge in [0.1, 0.15) is 18.1 Å². The summed E-state index contributed by atoms with van der Waals surface area (Å²) < 4.78 is 10.3. The fourth-order valence-electron chi connectivity index (χ4n) is 1.88. The van der Waals surface area contributed by atoms with Crippen LogP contribution in [0.1, 0.15) is 17.3 Å². The van der Waals surface area contributed by atoms with Crippen molar-refractivity contribution in [1.29, 1.82) is 0 Å². The van der Waals surface area contributed by atoms with E-state index in [9.17, 15) is 14.7 Å². The molecule has 6 heteroatoms. The first kappa shape index (κ1) is 16.4. The highest BCUT2D eigenvalue weighted by Crippen LogP contribution is 2.19. The number of rotatable bonds is 7. The third-order valence-electron chi connectivity index (χ3n) is 2.88. The predicted octanol–water partition coefficient (Wildman–Crippen LogP) is 1.47. The zero-order chi connectivity index (χ0) is 16.7. The molecule has 2 aromatic carbocycles. The number of carboxylic acid groups (broad SMARTS) is 1. The lowest BCUT2D eigenvalue weighted by molar-refractivity contribution is -0.307. The van der Waals surface area contributed by atoms with Gasteiger partial charge < -0.3 is 24.7 Å². The fraction of sp³-hybridized carbons (Fsp3) is 0.176. The lowest BCUT2D eigenvalue weighted by atomic mass is 10.2. The van der Waals surface area contributed by atoms with Crippen LogP contribution in [0, 0.1) is 0 Å². The summed E-state index contributed by atoms with van der Waals surface area (Å²) in [5, 5.41) is 13.1. The lowest BCUT2D eigenvalue weighted by Gasteiger charge is -2.10. The SMILES string of the molecule is CCOc1ccc(C(=O)Nc2cccc(OCC(=O)[O-])c2)cc1. The normalized spacial score (nSPS) is 9.96. The molecule has 0 aliphatic heterocycles. The third-order valence-corrected chi connectivity index (χ3v) is 2.88. The summed E-state index contributed by atoms with van der Waals surface area (Å²) in [6, 6.07) is 13.2. The van der Waals surface area contributed by atoms with E-state index in [0.29, 0.717) is 29.4 Å². The van der Waals surface area contributed by atoms with Gasteiger partial charge in [0.2, 0.25) is 0 Å². The molecule has 0 atom stereocenters. The quantitative estimate of drug-likeness (QED) is 0.836. The number of hydrogen-bond acceptors (Lipinski definition) is 5. The number of carboxylic acids is 1. The molecule has 0 aliphatic carbocycles. The van der Waals surface area contributed by atoms with E-state index < -0.39 is 12.6 Å². The number of carbonyl (C=O) groups is 2. The minimum absolute atomic E-state index is 0.287. The van der Waals surface area contributed by atoms with Crippen LogP contribution in [0.2, 0.25) is 0 Å². The van der Waals surface area contributed by atoms with E-state index in [1.807, 2.05) is 6.92 Å². The van der Waals surface area contributed by atoms with Gasteiger partial charge in [0.25, 0.3) is 5.91 Å². The molecule has 0 saturated carbocycles. The summed E-state index contributed by atoms with van der Waals surface area (Å²) >= 11 is 0. The molecule has 2 rings (SSSR count). The van der Waals surface area contributed by atoms with Crippen molar-refractivity contribution in [2.24, 2.45) is 0 Å². The Morgan fingerprint density at radius 1 is 1.04 bits per heavy atom. The average molecular weight is 314 g/mol. The van der Waals surface area contributed by atoms with Gasteiger partial charge in [-0.3, -0.25) is 4.79 Å². The lowest BCUT2D eigenvalue weighted by Crippen LogP contribution is -2.28. The molecular formula is C17H16NO5-. The van der Waals surface area contributed by atoms with Gasteiger partial charge in [0.05, 0.1) is 12.6 Å². The number of anilines is 1. The Morgan fingerprint density at radius 2 is 1.78 bits per heavy atom. The van der Waals surface area contributed by atoms with Gasteiger partial charge in [-0.15, -0.1) is 0 Å². The van der Waals surface area contributed by atoms with Crippen LogP contribution >= 0.6 is 0 Å². The molecule has 0 aliphatic rings. The Labute approximate surface area is 133 Å². The van der Waals surface area contributed by atoms with Crippen molar-refractivity contribution in [3.8, 4) is 11.5 Å². The maximum absolute atomic E-state index is 12.2. The largest absolute Gasteiger partial charge is 0.546 e. The van der Waals surface area contributed by atoms with Crippen LogP contribution in [-0.4, -0.2) is 25.1 Å². The van der Waals surface area contributed by atoms with Crippen LogP contribution < -0.4 is 19.9 Å². The number of ether oxygens (including phenoxy) is 2. The highest BCUT2D eigenvalue weighted by molar-refractivity contribution is 6.04. The van der Waals surface area contributed by atoms with Crippen molar-refractivity contribution in [2.75, 3.05) is 18.5 Å². The molecule has 0 fully saturated rings. The zero-order valence-electron chi connectivity index (χ0n) is 12.6. The predicted molar refractivity (Wildman–Crippen MR) is 82.5 cm³/mol. The number of amides is 1. The van der Waals surface area contributed by atoms with Gasteiger partial charge in [-0.2, -0.15) is 0 Å². The van der Waals surface area contributed by atoms with Crippen molar-refractivity contribution in [3.05, 3.63) is 54.1 Å². The second kappa shape index (κ2) is 7.84. The summed E-state index contributed by atoms with van der Waals surface area (Å²) in [6.45, 7) is 1.90. The Morgan fingerprint density at radius 3 is 2.43 bits per heavy atom. The minimum Gasteiger partial charge on any atom is -0.546 e. The molecule has 2 aromatic rings. The second-order valence-electron chi connectivity index (χ2n) is 4.60. The summed E-state index contributed by atoms with van der Waals surface area (Å²) in [4.78, 5) is 22.5. The van der Waals surface area contributed by atoms with Crippen molar-refractivity contribution >= 4 is 17.6 Å². The van der Waals surface area contributed by atoms with Crippen molar-refractivity contribution in [3.63, 3.8) is 0 Å². The zero-order valence-corrected chi connectivity index (χ0v) is 12.6. The molecule has 0 radical (unpaired) electrons. The summed E-state index contributed by atoms with van der Waals surface area (Å²) in [5.74, 6) is -0.570. The molecule has 0 aromatic heterocycles. The van der Waals surface area contributed by atoms with E-state index in [-0.39, 0.29) is 5.91 Å². The molecule has 0 spiro atoms. The number of aliphatic carboxylic acids is 1. The maximum atomic E-state index is 12.2. The standard InChI is InChI=1S/C17H17NO5/c1-2-22-14-8-6-12(7-9-14)17(21)18-13-4-3-5-15(10-13)23-11-16(19)20/h3-10H,2,11H2,1H3,(H,18,21)(H,19,20)/p-1. The molecule has 0 bridgehead atoms. The van der Waals surface area contributed by atoms with Gasteiger partial charge in [0.15, 0.2) is 0 Å². The molecular weight excluding hydrogens is 298 g/mol. The van der Waals surface area contributed by atoms with Crippen LogP contribution in [0.15, 0.2) is 48.5 Å². The number of carbonyl (C=O) groups excluding carboxylic acids is 2. The Bertz CT molecular complexity index is 682. The van der Waals surface area contributed by atoms with E-state index in [4.69, 9.17) is 9.47 Å². The number of nitrogens with one attached hydrogen (secondary N) is 1. The summed E-state index contributed by atoms with van der Waals surface area (Å²) in [5.41, 5.74) is 0.981. The molecule has 120 valence electrons. The smallest absolute Gasteiger partial charge is 0.255 e.